The SMILES string of the molecule is CC1(C)C=CC2=CCCC=C2O1.CC1(C)C=Cc2cc3ccccc3cc2O1. The van der Waals surface area contributed by atoms with Gasteiger partial charge in [-0.25, -0.2) is 0 Å². The van der Waals surface area contributed by atoms with Crippen molar-refractivity contribution in [2.75, 3.05) is 0 Å². The normalized spacial score (nSPS) is 20.4. The maximum atomic E-state index is 5.94. The second-order valence-electron chi connectivity index (χ2n) is 8.62. The van der Waals surface area contributed by atoms with Crippen molar-refractivity contribution >= 4 is 16.8 Å². The Morgan fingerprint density at radius 1 is 0.750 bits per heavy atom. The van der Waals surface area contributed by atoms with Crippen molar-refractivity contribution in [1.29, 1.82) is 0 Å². The first-order valence-corrected chi connectivity index (χ1v) is 10.0. The molecule has 2 aromatic rings. The summed E-state index contributed by atoms with van der Waals surface area (Å²) in [6.07, 6.45) is 15.2. The fraction of sp³-hybridized carbons (Fsp3) is 0.308. The minimum Gasteiger partial charge on any atom is -0.484 e. The number of benzene rings is 2. The predicted molar refractivity (Wildman–Crippen MR) is 117 cm³/mol. The van der Waals surface area contributed by atoms with E-state index in [0.29, 0.717) is 0 Å². The Morgan fingerprint density at radius 2 is 1.39 bits per heavy atom. The van der Waals surface area contributed by atoms with E-state index in [0.717, 1.165) is 29.9 Å². The van der Waals surface area contributed by atoms with Gasteiger partial charge in [-0.15, -0.1) is 0 Å². The molecule has 3 aliphatic rings. The van der Waals surface area contributed by atoms with Gasteiger partial charge in [-0.2, -0.15) is 0 Å². The van der Waals surface area contributed by atoms with E-state index in [2.05, 4.69) is 101 Å². The summed E-state index contributed by atoms with van der Waals surface area (Å²) in [5, 5.41) is 2.49. The molecule has 0 saturated heterocycles. The highest BCUT2D eigenvalue weighted by Gasteiger charge is 2.24. The zero-order chi connectivity index (χ0) is 19.8. The number of ether oxygens (including phenoxy) is 2. The van der Waals surface area contributed by atoms with Gasteiger partial charge in [-0.05, 0) is 81.7 Å². The molecule has 0 atom stereocenters. The third-order valence-corrected chi connectivity index (χ3v) is 5.10. The number of rotatable bonds is 0. The second-order valence-corrected chi connectivity index (χ2v) is 8.62. The highest BCUT2D eigenvalue weighted by atomic mass is 16.5. The maximum absolute atomic E-state index is 5.94. The van der Waals surface area contributed by atoms with Crippen molar-refractivity contribution in [2.24, 2.45) is 0 Å². The van der Waals surface area contributed by atoms with E-state index in [1.165, 1.54) is 16.3 Å². The molecule has 0 fully saturated rings. The molecule has 0 N–H and O–H groups in total. The molecule has 2 aliphatic heterocycles. The Hall–Kier alpha value is -2.74. The van der Waals surface area contributed by atoms with Crippen LogP contribution in [-0.4, -0.2) is 11.2 Å². The van der Waals surface area contributed by atoms with Crippen LogP contribution in [0, 0.1) is 0 Å². The summed E-state index contributed by atoms with van der Waals surface area (Å²) in [4.78, 5) is 0. The first kappa shape index (κ1) is 18.6. The Bertz CT molecular complexity index is 1020. The van der Waals surface area contributed by atoms with Crippen LogP contribution in [-0.2, 0) is 4.74 Å². The molecule has 2 heterocycles. The van der Waals surface area contributed by atoms with Crippen LogP contribution < -0.4 is 4.74 Å². The molecule has 2 nitrogen and oxygen atoms in total. The number of hydrogen-bond donors (Lipinski definition) is 0. The summed E-state index contributed by atoms with van der Waals surface area (Å²) in [6, 6.07) is 12.7. The molecule has 0 aromatic heterocycles. The van der Waals surface area contributed by atoms with Gasteiger partial charge in [0.15, 0.2) is 0 Å². The zero-order valence-corrected chi connectivity index (χ0v) is 17.2. The van der Waals surface area contributed by atoms with Crippen molar-refractivity contribution in [3.63, 3.8) is 0 Å². The van der Waals surface area contributed by atoms with Gasteiger partial charge in [0.2, 0.25) is 0 Å². The lowest BCUT2D eigenvalue weighted by molar-refractivity contribution is 0.0780. The largest absolute Gasteiger partial charge is 0.484 e. The van der Waals surface area contributed by atoms with Gasteiger partial charge in [0.25, 0.3) is 0 Å². The van der Waals surface area contributed by atoms with Gasteiger partial charge in [0, 0.05) is 11.1 Å². The van der Waals surface area contributed by atoms with E-state index in [-0.39, 0.29) is 11.2 Å². The molecule has 0 radical (unpaired) electrons. The fourth-order valence-corrected chi connectivity index (χ4v) is 3.59. The van der Waals surface area contributed by atoms with E-state index >= 15 is 0 Å². The first-order chi connectivity index (χ1) is 13.3. The molecule has 0 amide bonds. The Morgan fingerprint density at radius 3 is 2.18 bits per heavy atom. The fourth-order valence-electron chi connectivity index (χ4n) is 3.59. The standard InChI is InChI=1S/C15H14O.C11H14O/c1-15(2)8-7-13-9-11-5-3-4-6-12(11)10-14(13)16-15;1-11(2)8-7-9-5-3-4-6-10(9)12-11/h3-10H,1-2H3;5-8H,3-4H2,1-2H3. The molecule has 0 unspecified atom stereocenters. The van der Waals surface area contributed by atoms with E-state index < -0.39 is 0 Å². The third-order valence-electron chi connectivity index (χ3n) is 5.10. The molecule has 144 valence electrons. The Labute approximate surface area is 167 Å². The van der Waals surface area contributed by atoms with Crippen LogP contribution in [0.3, 0.4) is 0 Å². The number of allylic oxidation sites excluding steroid dienone is 3. The van der Waals surface area contributed by atoms with Gasteiger partial charge in [-0.3, -0.25) is 0 Å². The lowest BCUT2D eigenvalue weighted by atomic mass is 9.97. The topological polar surface area (TPSA) is 18.5 Å². The molecule has 0 spiro atoms. The van der Waals surface area contributed by atoms with E-state index in [1.54, 1.807) is 0 Å². The monoisotopic (exact) mass is 372 g/mol. The van der Waals surface area contributed by atoms with Gasteiger partial charge >= 0.3 is 0 Å². The molecular weight excluding hydrogens is 344 g/mol. The summed E-state index contributed by atoms with van der Waals surface area (Å²) in [5.41, 5.74) is 2.09. The second kappa shape index (κ2) is 7.01. The maximum Gasteiger partial charge on any atom is 0.128 e. The smallest absolute Gasteiger partial charge is 0.128 e. The van der Waals surface area contributed by atoms with Crippen molar-refractivity contribution in [1.82, 2.24) is 0 Å². The van der Waals surface area contributed by atoms with E-state index in [1.807, 2.05) is 0 Å². The van der Waals surface area contributed by atoms with Crippen molar-refractivity contribution in [3.8, 4) is 5.75 Å². The molecule has 2 heteroatoms. The highest BCUT2D eigenvalue weighted by molar-refractivity contribution is 5.87. The van der Waals surface area contributed by atoms with Gasteiger partial charge in [-0.1, -0.05) is 42.5 Å². The molecule has 2 aromatic carbocycles. The van der Waals surface area contributed by atoms with Crippen LogP contribution in [0.2, 0.25) is 0 Å². The van der Waals surface area contributed by atoms with Gasteiger partial charge < -0.3 is 9.47 Å². The summed E-state index contributed by atoms with van der Waals surface area (Å²) >= 11 is 0. The molecule has 5 rings (SSSR count). The van der Waals surface area contributed by atoms with Crippen LogP contribution >= 0.6 is 0 Å². The minimum absolute atomic E-state index is 0.124. The Kier molecular flexibility index (Phi) is 4.66. The summed E-state index contributed by atoms with van der Waals surface area (Å²) in [7, 11) is 0. The van der Waals surface area contributed by atoms with Gasteiger partial charge in [0.1, 0.15) is 22.7 Å². The van der Waals surface area contributed by atoms with Crippen LogP contribution in [0.25, 0.3) is 16.8 Å². The molecular formula is C26H28O2. The van der Waals surface area contributed by atoms with Crippen molar-refractivity contribution < 1.29 is 9.47 Å². The van der Waals surface area contributed by atoms with Crippen LogP contribution in [0.1, 0.15) is 46.1 Å². The lowest BCUT2D eigenvalue weighted by Crippen LogP contribution is -2.27. The van der Waals surface area contributed by atoms with Crippen LogP contribution in [0.15, 0.2) is 78.1 Å². The molecule has 0 bridgehead atoms. The molecule has 28 heavy (non-hydrogen) atoms. The summed E-state index contributed by atoms with van der Waals surface area (Å²) < 4.78 is 11.7. The quantitative estimate of drug-likeness (QED) is 0.496. The zero-order valence-electron chi connectivity index (χ0n) is 17.2. The number of fused-ring (bicyclic) bond motifs is 3. The molecule has 0 saturated carbocycles. The van der Waals surface area contributed by atoms with Gasteiger partial charge in [0.05, 0.1) is 0 Å². The highest BCUT2D eigenvalue weighted by Crippen LogP contribution is 2.34. The average molecular weight is 373 g/mol. The van der Waals surface area contributed by atoms with Crippen molar-refractivity contribution in [3.05, 3.63) is 83.7 Å². The Balaban J connectivity index is 0.000000143. The lowest BCUT2D eigenvalue weighted by Gasteiger charge is -2.30. The minimum atomic E-state index is -0.199. The first-order valence-electron chi connectivity index (χ1n) is 10.0. The summed E-state index contributed by atoms with van der Waals surface area (Å²) in [5.74, 6) is 2.04. The molecule has 1 aliphatic carbocycles. The van der Waals surface area contributed by atoms with Crippen LogP contribution in [0.5, 0.6) is 5.75 Å². The third kappa shape index (κ3) is 4.06. The average Bonchev–Trinajstić information content (AvgIpc) is 2.65. The van der Waals surface area contributed by atoms with Crippen LogP contribution in [0.4, 0.5) is 0 Å². The summed E-state index contributed by atoms with van der Waals surface area (Å²) in [6.45, 7) is 8.30. The predicted octanol–water partition coefficient (Wildman–Crippen LogP) is 6.98. The van der Waals surface area contributed by atoms with E-state index in [4.69, 9.17) is 9.47 Å². The van der Waals surface area contributed by atoms with Crippen molar-refractivity contribution in [2.45, 2.75) is 51.7 Å². The van der Waals surface area contributed by atoms with E-state index in [9.17, 15) is 0 Å². The number of hydrogen-bond acceptors (Lipinski definition) is 2.